The lowest BCUT2D eigenvalue weighted by Crippen LogP contribution is -2.09. The molecule has 0 aromatic carbocycles. The summed E-state index contributed by atoms with van der Waals surface area (Å²) >= 11 is 0. The minimum atomic E-state index is -4.72. The van der Waals surface area contributed by atoms with Crippen molar-refractivity contribution in [2.24, 2.45) is 0 Å². The van der Waals surface area contributed by atoms with Crippen LogP contribution in [-0.4, -0.2) is 10.1 Å². The van der Waals surface area contributed by atoms with Crippen LogP contribution in [0.3, 0.4) is 0 Å². The first-order chi connectivity index (χ1) is 6.25. The molecule has 0 amide bonds. The Bertz CT molecular complexity index is 378. The topological polar surface area (TPSA) is 33.1 Å². The second kappa shape index (κ2) is 2.66. The van der Waals surface area contributed by atoms with E-state index in [1.165, 1.54) is 0 Å². The Morgan fingerprint density at radius 1 is 1.50 bits per heavy atom. The third-order valence-electron chi connectivity index (χ3n) is 1.20. The van der Waals surface area contributed by atoms with Crippen LogP contribution in [0.2, 0.25) is 0 Å². The normalized spacial score (nSPS) is 14.0. The fourth-order valence-electron chi connectivity index (χ4n) is 0.703. The molecule has 5 heteroatoms. The van der Waals surface area contributed by atoms with Gasteiger partial charge in [0, 0.05) is 6.04 Å². The van der Waals surface area contributed by atoms with E-state index in [0.717, 1.165) is 6.92 Å². The Labute approximate surface area is 69.5 Å². The molecule has 0 unspecified atom stereocenters. The first kappa shape index (κ1) is 6.28. The minimum absolute atomic E-state index is 0.458. The molecule has 2 nitrogen and oxygen atoms in total. The standard InChI is InChI=1S/C7H6F3NO/c1-4-2-3-5(12)11-6(4)7(8,9)10/h2-3H,1H3,(H,11,12)/i2D,3D. The fraction of sp³-hybridized carbons (Fsp3) is 0.286. The van der Waals surface area contributed by atoms with Crippen LogP contribution >= 0.6 is 0 Å². The Morgan fingerprint density at radius 2 is 2.08 bits per heavy atom. The molecule has 0 spiro atoms. The number of pyridine rings is 1. The molecule has 0 aliphatic rings. The zero-order valence-electron chi connectivity index (χ0n) is 8.03. The maximum absolute atomic E-state index is 12.2. The Balaban J connectivity index is 3.49. The number of hydrogen-bond donors (Lipinski definition) is 1. The maximum atomic E-state index is 12.2. The highest BCUT2D eigenvalue weighted by Crippen LogP contribution is 2.30. The van der Waals surface area contributed by atoms with Crippen molar-refractivity contribution in [2.45, 2.75) is 13.1 Å². The number of aromatic nitrogens is 1. The van der Waals surface area contributed by atoms with E-state index in [1.807, 2.05) is 0 Å². The first-order valence-corrected chi connectivity index (χ1v) is 2.99. The second-order valence-electron chi connectivity index (χ2n) is 2.16. The molecule has 1 aromatic heterocycles. The molecule has 0 radical (unpaired) electrons. The van der Waals surface area contributed by atoms with Gasteiger partial charge in [-0.2, -0.15) is 13.2 Å². The smallest absolute Gasteiger partial charge is 0.433 e. The molecular formula is C7H6F3NO. The van der Waals surface area contributed by atoms with Crippen molar-refractivity contribution in [1.82, 2.24) is 4.98 Å². The molecule has 0 saturated carbocycles. The van der Waals surface area contributed by atoms with Crippen LogP contribution in [-0.2, 0) is 6.18 Å². The lowest BCUT2D eigenvalue weighted by molar-refractivity contribution is -0.141. The molecule has 1 N–H and O–H groups in total. The maximum Gasteiger partial charge on any atom is 0.433 e. The van der Waals surface area contributed by atoms with Gasteiger partial charge in [-0.3, -0.25) is 0 Å². The number of rotatable bonds is 0. The highest BCUT2D eigenvalue weighted by atomic mass is 19.4. The molecule has 0 atom stereocenters. The van der Waals surface area contributed by atoms with Gasteiger partial charge in [0.1, 0.15) is 0 Å². The summed E-state index contributed by atoms with van der Waals surface area (Å²) in [7, 11) is 0. The van der Waals surface area contributed by atoms with Gasteiger partial charge in [0.2, 0.25) is 5.88 Å². The molecule has 1 heterocycles. The molecule has 0 fully saturated rings. The van der Waals surface area contributed by atoms with Crippen LogP contribution in [0.15, 0.2) is 12.1 Å². The SMILES string of the molecule is [2H]c1c(O)nc(C(F)(F)F)c(C)c1[2H]. The van der Waals surface area contributed by atoms with Crippen molar-refractivity contribution in [1.29, 1.82) is 0 Å². The summed E-state index contributed by atoms with van der Waals surface area (Å²) in [6.07, 6.45) is -4.72. The van der Waals surface area contributed by atoms with Crippen molar-refractivity contribution in [2.75, 3.05) is 0 Å². The molecule has 12 heavy (non-hydrogen) atoms. The van der Waals surface area contributed by atoms with Gasteiger partial charge in [0.15, 0.2) is 5.69 Å². The highest BCUT2D eigenvalue weighted by Gasteiger charge is 2.34. The van der Waals surface area contributed by atoms with Gasteiger partial charge in [-0.25, -0.2) is 4.98 Å². The summed E-state index contributed by atoms with van der Waals surface area (Å²) < 4.78 is 50.8. The van der Waals surface area contributed by atoms with Gasteiger partial charge in [-0.15, -0.1) is 0 Å². The molecule has 0 bridgehead atoms. The van der Waals surface area contributed by atoms with Gasteiger partial charge >= 0.3 is 6.18 Å². The summed E-state index contributed by atoms with van der Waals surface area (Å²) in [5.74, 6) is -1.08. The predicted molar refractivity (Wildman–Crippen MR) is 35.6 cm³/mol. The quantitative estimate of drug-likeness (QED) is 0.661. The Kier molecular flexibility index (Phi) is 1.39. The van der Waals surface area contributed by atoms with Crippen molar-refractivity contribution in [3.63, 3.8) is 0 Å². The number of hydrogen-bond acceptors (Lipinski definition) is 2. The van der Waals surface area contributed by atoms with Crippen molar-refractivity contribution in [3.05, 3.63) is 23.3 Å². The lowest BCUT2D eigenvalue weighted by atomic mass is 10.2. The van der Waals surface area contributed by atoms with Gasteiger partial charge in [-0.05, 0) is 12.5 Å². The van der Waals surface area contributed by atoms with E-state index >= 15 is 0 Å². The summed E-state index contributed by atoms with van der Waals surface area (Å²) in [5.41, 5.74) is -1.78. The summed E-state index contributed by atoms with van der Waals surface area (Å²) in [5, 5.41) is 8.85. The minimum Gasteiger partial charge on any atom is -0.493 e. The van der Waals surface area contributed by atoms with Crippen LogP contribution in [0, 0.1) is 6.92 Å². The van der Waals surface area contributed by atoms with Crippen molar-refractivity contribution < 1.29 is 21.0 Å². The van der Waals surface area contributed by atoms with E-state index in [-0.39, 0.29) is 0 Å². The van der Waals surface area contributed by atoms with Gasteiger partial charge in [0.05, 0.1) is 2.74 Å². The number of halogens is 3. The zero-order chi connectivity index (χ0) is 11.1. The number of alkyl halides is 3. The fourth-order valence-corrected chi connectivity index (χ4v) is 0.703. The van der Waals surface area contributed by atoms with Crippen LogP contribution in [0.1, 0.15) is 14.0 Å². The molecule has 1 aromatic rings. The van der Waals surface area contributed by atoms with Crippen LogP contribution < -0.4 is 0 Å². The summed E-state index contributed by atoms with van der Waals surface area (Å²) in [6.45, 7) is 1.04. The molecular weight excluding hydrogens is 171 g/mol. The molecule has 0 saturated heterocycles. The predicted octanol–water partition coefficient (Wildman–Crippen LogP) is 2.11. The molecule has 1 rings (SSSR count). The molecule has 0 aliphatic carbocycles. The average molecular weight is 179 g/mol. The molecule has 0 aliphatic heterocycles. The summed E-state index contributed by atoms with van der Waals surface area (Å²) in [6, 6.07) is -1.36. The largest absolute Gasteiger partial charge is 0.493 e. The number of aromatic hydroxyl groups is 1. The Hall–Kier alpha value is -1.26. The van der Waals surface area contributed by atoms with Crippen LogP contribution in [0.5, 0.6) is 5.88 Å². The second-order valence-corrected chi connectivity index (χ2v) is 2.16. The van der Waals surface area contributed by atoms with Gasteiger partial charge in [0.25, 0.3) is 0 Å². The first-order valence-electron chi connectivity index (χ1n) is 3.99. The third kappa shape index (κ3) is 1.66. The highest BCUT2D eigenvalue weighted by molar-refractivity contribution is 5.25. The number of nitrogens with zero attached hydrogens (tertiary/aromatic N) is 1. The van der Waals surface area contributed by atoms with Crippen LogP contribution in [0.4, 0.5) is 13.2 Å². The monoisotopic (exact) mass is 179 g/mol. The summed E-state index contributed by atoms with van der Waals surface area (Å²) in [4.78, 5) is 2.83. The zero-order valence-corrected chi connectivity index (χ0v) is 6.03. The Morgan fingerprint density at radius 3 is 2.58 bits per heavy atom. The van der Waals surface area contributed by atoms with Gasteiger partial charge in [-0.1, -0.05) is 6.04 Å². The van der Waals surface area contributed by atoms with Gasteiger partial charge < -0.3 is 5.11 Å². The van der Waals surface area contributed by atoms with Crippen molar-refractivity contribution >= 4 is 0 Å². The van der Waals surface area contributed by atoms with Crippen LogP contribution in [0.25, 0.3) is 0 Å². The lowest BCUT2D eigenvalue weighted by Gasteiger charge is -2.08. The third-order valence-corrected chi connectivity index (χ3v) is 1.20. The van der Waals surface area contributed by atoms with E-state index in [2.05, 4.69) is 4.98 Å². The average Bonchev–Trinajstić information content (AvgIpc) is 2.06. The van der Waals surface area contributed by atoms with E-state index in [4.69, 9.17) is 7.85 Å². The van der Waals surface area contributed by atoms with E-state index < -0.39 is 35.4 Å². The van der Waals surface area contributed by atoms with E-state index in [1.54, 1.807) is 0 Å². The van der Waals surface area contributed by atoms with E-state index in [0.29, 0.717) is 0 Å². The van der Waals surface area contributed by atoms with Crippen molar-refractivity contribution in [3.8, 4) is 5.88 Å². The van der Waals surface area contributed by atoms with E-state index in [9.17, 15) is 13.2 Å². The molecule has 66 valence electrons.